The van der Waals surface area contributed by atoms with Crippen LogP contribution in [0, 0.1) is 20.8 Å². The third-order valence-corrected chi connectivity index (χ3v) is 6.63. The number of carbonyl (C=O) groups excluding carboxylic acids is 1. The number of hydrogen-bond acceptors (Lipinski definition) is 5. The lowest BCUT2D eigenvalue weighted by Crippen LogP contribution is -2.52. The minimum Gasteiger partial charge on any atom is -0.369 e. The van der Waals surface area contributed by atoms with Crippen LogP contribution in [0.5, 0.6) is 0 Å². The second-order valence-electron chi connectivity index (χ2n) is 8.00. The number of nitrogens with zero attached hydrogens (tertiary/aromatic N) is 2. The van der Waals surface area contributed by atoms with Gasteiger partial charge in [-0.05, 0) is 63.1 Å². The molecule has 0 radical (unpaired) electrons. The molecule has 1 atom stereocenters. The first-order valence-corrected chi connectivity index (χ1v) is 11.6. The molecule has 1 saturated heterocycles. The van der Waals surface area contributed by atoms with Crippen LogP contribution in [0.1, 0.15) is 23.6 Å². The second kappa shape index (κ2) is 8.75. The third-order valence-electron chi connectivity index (χ3n) is 5.70. The Morgan fingerprint density at radius 1 is 1.00 bits per heavy atom. The Labute approximate surface area is 178 Å². The van der Waals surface area contributed by atoms with Gasteiger partial charge in [-0.25, -0.2) is 13.6 Å². The first-order valence-electron chi connectivity index (χ1n) is 10.1. The molecule has 162 valence electrons. The number of carbonyl (C=O) groups is 1. The Morgan fingerprint density at radius 2 is 1.53 bits per heavy atom. The van der Waals surface area contributed by atoms with E-state index >= 15 is 0 Å². The average molecular weight is 431 g/mol. The van der Waals surface area contributed by atoms with Crippen LogP contribution in [0.25, 0.3) is 0 Å². The fraction of sp³-hybridized carbons (Fsp3) is 0.409. The van der Waals surface area contributed by atoms with Crippen LogP contribution >= 0.6 is 0 Å². The van der Waals surface area contributed by atoms with Crippen molar-refractivity contribution >= 4 is 27.3 Å². The summed E-state index contributed by atoms with van der Waals surface area (Å²) in [6, 6.07) is 10.5. The molecule has 1 unspecified atom stereocenters. The number of piperazine rings is 1. The van der Waals surface area contributed by atoms with Gasteiger partial charge in [0.15, 0.2) is 0 Å². The van der Waals surface area contributed by atoms with Crippen molar-refractivity contribution in [2.75, 3.05) is 36.4 Å². The van der Waals surface area contributed by atoms with Crippen molar-refractivity contribution in [3.05, 3.63) is 53.1 Å². The molecule has 3 N–H and O–H groups in total. The van der Waals surface area contributed by atoms with Gasteiger partial charge in [-0.1, -0.05) is 17.7 Å². The van der Waals surface area contributed by atoms with E-state index in [4.69, 9.17) is 5.14 Å². The van der Waals surface area contributed by atoms with Gasteiger partial charge in [-0.15, -0.1) is 0 Å². The molecule has 1 amide bonds. The number of sulfonamides is 1. The van der Waals surface area contributed by atoms with Gasteiger partial charge in [-0.3, -0.25) is 9.69 Å². The number of primary sulfonamides is 1. The molecule has 0 aliphatic carbocycles. The second-order valence-corrected chi connectivity index (χ2v) is 9.56. The molecule has 1 heterocycles. The maximum absolute atomic E-state index is 12.8. The first kappa shape index (κ1) is 22.3. The summed E-state index contributed by atoms with van der Waals surface area (Å²) in [5, 5.41) is 8.26. The van der Waals surface area contributed by atoms with E-state index < -0.39 is 10.0 Å². The van der Waals surface area contributed by atoms with E-state index in [9.17, 15) is 13.2 Å². The van der Waals surface area contributed by atoms with E-state index in [-0.39, 0.29) is 16.8 Å². The van der Waals surface area contributed by atoms with Crippen molar-refractivity contribution < 1.29 is 13.2 Å². The zero-order chi connectivity index (χ0) is 22.1. The lowest BCUT2D eigenvalue weighted by Gasteiger charge is -2.38. The lowest BCUT2D eigenvalue weighted by atomic mass is 10.0. The normalized spacial score (nSPS) is 16.4. The van der Waals surface area contributed by atoms with Gasteiger partial charge in [0.1, 0.15) is 0 Å². The number of anilines is 2. The molecular weight excluding hydrogens is 400 g/mol. The fourth-order valence-electron chi connectivity index (χ4n) is 3.98. The number of nitrogens with two attached hydrogens (primary N) is 1. The molecule has 30 heavy (non-hydrogen) atoms. The van der Waals surface area contributed by atoms with Gasteiger partial charge < -0.3 is 10.2 Å². The number of nitrogens with one attached hydrogen (secondary N) is 1. The van der Waals surface area contributed by atoms with Crippen molar-refractivity contribution in [1.29, 1.82) is 0 Å². The van der Waals surface area contributed by atoms with Gasteiger partial charge in [0, 0.05) is 37.6 Å². The molecular formula is C22H30N4O3S. The number of benzene rings is 2. The van der Waals surface area contributed by atoms with Gasteiger partial charge in [0.05, 0.1) is 10.9 Å². The molecule has 0 saturated carbocycles. The van der Waals surface area contributed by atoms with E-state index in [0.717, 1.165) is 48.7 Å². The van der Waals surface area contributed by atoms with Gasteiger partial charge in [-0.2, -0.15) is 0 Å². The zero-order valence-electron chi connectivity index (χ0n) is 18.0. The first-order chi connectivity index (χ1) is 14.1. The summed E-state index contributed by atoms with van der Waals surface area (Å²) in [6.07, 6.45) is 0. The van der Waals surface area contributed by atoms with Crippen LogP contribution < -0.4 is 15.4 Å². The Balaban J connectivity index is 1.60. The topological polar surface area (TPSA) is 95.7 Å². The van der Waals surface area contributed by atoms with E-state index in [0.29, 0.717) is 0 Å². The third kappa shape index (κ3) is 5.00. The molecule has 1 aliphatic rings. The van der Waals surface area contributed by atoms with E-state index in [2.05, 4.69) is 34.2 Å². The Hall–Kier alpha value is -2.42. The van der Waals surface area contributed by atoms with Gasteiger partial charge >= 0.3 is 0 Å². The minimum atomic E-state index is -3.69. The lowest BCUT2D eigenvalue weighted by molar-refractivity contribution is -0.120. The zero-order valence-corrected chi connectivity index (χ0v) is 18.8. The smallest absolute Gasteiger partial charge is 0.241 e. The fourth-order valence-corrected chi connectivity index (χ4v) is 4.50. The quantitative estimate of drug-likeness (QED) is 0.759. The summed E-state index contributed by atoms with van der Waals surface area (Å²) in [6.45, 7) is 11.0. The van der Waals surface area contributed by atoms with Crippen LogP contribution in [0.3, 0.4) is 0 Å². The molecule has 1 fully saturated rings. The van der Waals surface area contributed by atoms with Crippen molar-refractivity contribution in [2.45, 2.75) is 38.6 Å². The highest BCUT2D eigenvalue weighted by molar-refractivity contribution is 7.89. The predicted molar refractivity (Wildman–Crippen MR) is 120 cm³/mol. The van der Waals surface area contributed by atoms with Crippen LogP contribution in [0.15, 0.2) is 41.3 Å². The average Bonchev–Trinajstić information content (AvgIpc) is 2.69. The molecule has 0 spiro atoms. The monoisotopic (exact) mass is 430 g/mol. The Bertz CT molecular complexity index is 1000. The SMILES string of the molecule is Cc1cc(C)c(NC(=O)C(C)N2CCN(c3ccc(S(N)(=O)=O)cc3)CC2)c(C)c1. The highest BCUT2D eigenvalue weighted by Gasteiger charge is 2.26. The number of aryl methyl sites for hydroxylation is 3. The van der Waals surface area contributed by atoms with Crippen molar-refractivity contribution in [2.24, 2.45) is 5.14 Å². The molecule has 1 aliphatic heterocycles. The van der Waals surface area contributed by atoms with E-state index in [1.54, 1.807) is 12.1 Å². The molecule has 2 aromatic rings. The summed E-state index contributed by atoms with van der Waals surface area (Å²) in [5.74, 6) is -0.00370. The number of amides is 1. The van der Waals surface area contributed by atoms with Crippen molar-refractivity contribution in [1.82, 2.24) is 4.90 Å². The highest BCUT2D eigenvalue weighted by atomic mass is 32.2. The molecule has 7 nitrogen and oxygen atoms in total. The maximum atomic E-state index is 12.8. The van der Waals surface area contributed by atoms with Gasteiger partial charge in [0.25, 0.3) is 0 Å². The molecule has 8 heteroatoms. The van der Waals surface area contributed by atoms with Crippen molar-refractivity contribution in [3.8, 4) is 0 Å². The van der Waals surface area contributed by atoms with Crippen LogP contribution in [0.4, 0.5) is 11.4 Å². The minimum absolute atomic E-state index is 0.00370. The van der Waals surface area contributed by atoms with Crippen LogP contribution in [0.2, 0.25) is 0 Å². The molecule has 2 aromatic carbocycles. The standard InChI is InChI=1S/C22H30N4O3S/c1-15-13-16(2)21(17(3)14-15)24-22(27)18(4)25-9-11-26(12-10-25)19-5-7-20(8-6-19)30(23,28)29/h5-8,13-14,18H,9-12H2,1-4H3,(H,24,27)(H2,23,28,29). The van der Waals surface area contributed by atoms with Gasteiger partial charge in [0.2, 0.25) is 15.9 Å². The molecule has 3 rings (SSSR count). The van der Waals surface area contributed by atoms with Crippen LogP contribution in [-0.4, -0.2) is 51.4 Å². The highest BCUT2D eigenvalue weighted by Crippen LogP contribution is 2.23. The Kier molecular flexibility index (Phi) is 6.50. The maximum Gasteiger partial charge on any atom is 0.241 e. The number of hydrogen-bond donors (Lipinski definition) is 2. The van der Waals surface area contributed by atoms with Crippen molar-refractivity contribution in [3.63, 3.8) is 0 Å². The number of rotatable bonds is 5. The largest absolute Gasteiger partial charge is 0.369 e. The summed E-state index contributed by atoms with van der Waals surface area (Å²) in [7, 11) is -3.69. The summed E-state index contributed by atoms with van der Waals surface area (Å²) < 4.78 is 22.8. The van der Waals surface area contributed by atoms with E-state index in [1.807, 2.05) is 20.8 Å². The van der Waals surface area contributed by atoms with Crippen LogP contribution in [-0.2, 0) is 14.8 Å². The predicted octanol–water partition coefficient (Wildman–Crippen LogP) is 2.41. The molecule has 0 aromatic heterocycles. The summed E-state index contributed by atoms with van der Waals surface area (Å²) >= 11 is 0. The summed E-state index contributed by atoms with van der Waals surface area (Å²) in [5.41, 5.74) is 5.17. The summed E-state index contributed by atoms with van der Waals surface area (Å²) in [4.78, 5) is 17.3. The molecule has 0 bridgehead atoms. The van der Waals surface area contributed by atoms with E-state index in [1.165, 1.54) is 17.7 Å². The Morgan fingerprint density at radius 3 is 2.03 bits per heavy atom.